The predicted octanol–water partition coefficient (Wildman–Crippen LogP) is 6.34. The van der Waals surface area contributed by atoms with Crippen LogP contribution in [0.25, 0.3) is 28.0 Å². The predicted molar refractivity (Wildman–Crippen MR) is 118 cm³/mol. The maximum absolute atomic E-state index is 12.9. The van der Waals surface area contributed by atoms with Gasteiger partial charge in [-0.15, -0.1) is 0 Å². The summed E-state index contributed by atoms with van der Waals surface area (Å²) >= 11 is 0. The van der Waals surface area contributed by atoms with Crippen molar-refractivity contribution in [2.75, 3.05) is 7.11 Å². The second-order valence-corrected chi connectivity index (χ2v) is 7.35. The van der Waals surface area contributed by atoms with Crippen molar-refractivity contribution in [2.24, 2.45) is 0 Å². The fourth-order valence-electron chi connectivity index (χ4n) is 4.07. The highest BCUT2D eigenvalue weighted by molar-refractivity contribution is 6.16. The van der Waals surface area contributed by atoms with E-state index in [9.17, 15) is 4.79 Å². The van der Waals surface area contributed by atoms with Crippen molar-refractivity contribution in [1.29, 1.82) is 0 Å². The molecular weight excluding hydrogens is 356 g/mol. The van der Waals surface area contributed by atoms with Gasteiger partial charge in [0.25, 0.3) is 0 Å². The van der Waals surface area contributed by atoms with E-state index in [4.69, 9.17) is 4.74 Å². The largest absolute Gasteiger partial charge is 0.497 e. The van der Waals surface area contributed by atoms with Gasteiger partial charge in [-0.1, -0.05) is 60.7 Å². The molecule has 140 valence electrons. The van der Waals surface area contributed by atoms with Crippen LogP contribution in [-0.4, -0.2) is 12.9 Å². The molecule has 0 unspecified atom stereocenters. The fraction of sp³-hybridized carbons (Fsp3) is 0.0741. The van der Waals surface area contributed by atoms with E-state index in [2.05, 4.69) is 54.6 Å². The highest BCUT2D eigenvalue weighted by Gasteiger charge is 2.25. The van der Waals surface area contributed by atoms with Gasteiger partial charge in [0, 0.05) is 17.6 Å². The molecule has 4 aromatic carbocycles. The van der Waals surface area contributed by atoms with Crippen molar-refractivity contribution in [3.8, 4) is 16.9 Å². The van der Waals surface area contributed by atoms with Gasteiger partial charge in [-0.05, 0) is 63.4 Å². The van der Waals surface area contributed by atoms with Gasteiger partial charge < -0.3 is 4.74 Å². The molecule has 29 heavy (non-hydrogen) atoms. The first-order valence-corrected chi connectivity index (χ1v) is 9.73. The monoisotopic (exact) mass is 376 g/mol. The minimum Gasteiger partial charge on any atom is -0.497 e. The molecule has 0 atom stereocenters. The molecule has 2 nitrogen and oxygen atoms in total. The number of fused-ring (bicyclic) bond motifs is 2. The first kappa shape index (κ1) is 17.4. The quantitative estimate of drug-likeness (QED) is 0.390. The molecule has 0 aromatic heterocycles. The number of hydrogen-bond donors (Lipinski definition) is 0. The molecule has 0 spiro atoms. The van der Waals surface area contributed by atoms with E-state index in [1.54, 1.807) is 7.11 Å². The fourth-order valence-corrected chi connectivity index (χ4v) is 4.07. The minimum absolute atomic E-state index is 0.107. The number of carbonyl (C=O) groups excluding carboxylic acids is 1. The van der Waals surface area contributed by atoms with Crippen molar-refractivity contribution in [3.63, 3.8) is 0 Å². The molecule has 0 radical (unpaired) electrons. The van der Waals surface area contributed by atoms with Crippen molar-refractivity contribution < 1.29 is 9.53 Å². The molecule has 0 fully saturated rings. The van der Waals surface area contributed by atoms with Crippen LogP contribution in [0.1, 0.15) is 21.5 Å². The van der Waals surface area contributed by atoms with Gasteiger partial charge >= 0.3 is 0 Å². The topological polar surface area (TPSA) is 26.3 Å². The summed E-state index contributed by atoms with van der Waals surface area (Å²) in [5.74, 6) is 0.894. The summed E-state index contributed by atoms with van der Waals surface area (Å²) in [4.78, 5) is 12.9. The third-order valence-corrected chi connectivity index (χ3v) is 5.58. The summed E-state index contributed by atoms with van der Waals surface area (Å²) in [5.41, 5.74) is 5.98. The molecule has 4 aromatic rings. The van der Waals surface area contributed by atoms with E-state index in [0.717, 1.165) is 39.1 Å². The second kappa shape index (κ2) is 7.06. The Bertz CT molecular complexity index is 1280. The van der Waals surface area contributed by atoms with Gasteiger partial charge in [-0.25, -0.2) is 0 Å². The summed E-state index contributed by atoms with van der Waals surface area (Å²) < 4.78 is 5.31. The number of methoxy groups -OCH3 is 1. The molecule has 0 N–H and O–H groups in total. The Labute approximate surface area is 170 Å². The Hall–Kier alpha value is -3.65. The SMILES string of the molecule is COc1ccc2c(c1)C/C(=C/c1ccccc1-c1ccc3ccccc3c1)C2=O. The highest BCUT2D eigenvalue weighted by Crippen LogP contribution is 2.33. The summed E-state index contributed by atoms with van der Waals surface area (Å²) in [6, 6.07) is 28.8. The van der Waals surface area contributed by atoms with Gasteiger partial charge in [0.2, 0.25) is 0 Å². The smallest absolute Gasteiger partial charge is 0.189 e. The Morgan fingerprint density at radius 1 is 0.793 bits per heavy atom. The van der Waals surface area contributed by atoms with E-state index in [1.807, 2.05) is 36.4 Å². The van der Waals surface area contributed by atoms with Crippen LogP contribution >= 0.6 is 0 Å². The number of rotatable bonds is 3. The molecule has 0 aliphatic heterocycles. The molecule has 1 aliphatic carbocycles. The third-order valence-electron chi connectivity index (χ3n) is 5.58. The number of ketones is 1. The van der Waals surface area contributed by atoms with Crippen molar-refractivity contribution in [1.82, 2.24) is 0 Å². The van der Waals surface area contributed by atoms with Gasteiger partial charge in [0.15, 0.2) is 5.78 Å². The lowest BCUT2D eigenvalue weighted by Gasteiger charge is -2.09. The van der Waals surface area contributed by atoms with Gasteiger partial charge in [0.05, 0.1) is 7.11 Å². The Kier molecular flexibility index (Phi) is 4.25. The molecule has 0 saturated heterocycles. The minimum atomic E-state index is 0.107. The number of carbonyl (C=O) groups is 1. The van der Waals surface area contributed by atoms with Gasteiger partial charge in [-0.2, -0.15) is 0 Å². The zero-order valence-electron chi connectivity index (χ0n) is 16.2. The maximum Gasteiger partial charge on any atom is 0.189 e. The lowest BCUT2D eigenvalue weighted by atomic mass is 9.95. The summed E-state index contributed by atoms with van der Waals surface area (Å²) in [5, 5.41) is 2.44. The van der Waals surface area contributed by atoms with Gasteiger partial charge in [-0.3, -0.25) is 4.79 Å². The summed E-state index contributed by atoms with van der Waals surface area (Å²) in [7, 11) is 1.65. The van der Waals surface area contributed by atoms with Crippen LogP contribution in [0.15, 0.2) is 90.5 Å². The van der Waals surface area contributed by atoms with Crippen molar-refractivity contribution >= 4 is 22.6 Å². The average molecular weight is 376 g/mol. The Morgan fingerprint density at radius 2 is 1.59 bits per heavy atom. The number of hydrogen-bond acceptors (Lipinski definition) is 2. The van der Waals surface area contributed by atoms with Crippen LogP contribution in [0.2, 0.25) is 0 Å². The maximum atomic E-state index is 12.9. The van der Waals surface area contributed by atoms with Crippen LogP contribution < -0.4 is 4.74 Å². The first-order valence-electron chi connectivity index (χ1n) is 9.73. The normalized spacial score (nSPS) is 14.4. The number of ether oxygens (including phenoxy) is 1. The second-order valence-electron chi connectivity index (χ2n) is 7.35. The van der Waals surface area contributed by atoms with Crippen LogP contribution in [-0.2, 0) is 6.42 Å². The number of Topliss-reactive ketones (excluding diaryl/α,β-unsaturated/α-hetero) is 1. The lowest BCUT2D eigenvalue weighted by Crippen LogP contribution is -1.96. The van der Waals surface area contributed by atoms with Crippen molar-refractivity contribution in [2.45, 2.75) is 6.42 Å². The molecular formula is C27H20O2. The standard InChI is InChI=1S/C27H20O2/c1-29-24-12-13-26-22(17-24)16-23(27(26)28)15-20-8-4-5-9-25(20)21-11-10-18-6-2-3-7-19(18)14-21/h2-15,17H,16H2,1H3/b23-15-. The van der Waals surface area contributed by atoms with E-state index >= 15 is 0 Å². The Morgan fingerprint density at radius 3 is 2.45 bits per heavy atom. The molecule has 0 heterocycles. The molecule has 0 bridgehead atoms. The van der Waals surface area contributed by atoms with E-state index in [-0.39, 0.29) is 5.78 Å². The summed E-state index contributed by atoms with van der Waals surface area (Å²) in [6.45, 7) is 0. The lowest BCUT2D eigenvalue weighted by molar-refractivity contribution is 0.104. The van der Waals surface area contributed by atoms with Crippen LogP contribution in [0.5, 0.6) is 5.75 Å². The Balaban J connectivity index is 1.57. The average Bonchev–Trinajstić information content (AvgIpc) is 3.08. The highest BCUT2D eigenvalue weighted by atomic mass is 16.5. The number of benzene rings is 4. The van der Waals surface area contributed by atoms with Crippen LogP contribution in [0.4, 0.5) is 0 Å². The molecule has 5 rings (SSSR count). The van der Waals surface area contributed by atoms with E-state index in [1.165, 1.54) is 10.8 Å². The van der Waals surface area contributed by atoms with Crippen LogP contribution in [0, 0.1) is 0 Å². The first-order chi connectivity index (χ1) is 14.2. The van der Waals surface area contributed by atoms with E-state index < -0.39 is 0 Å². The zero-order valence-corrected chi connectivity index (χ0v) is 16.2. The van der Waals surface area contributed by atoms with Crippen LogP contribution in [0.3, 0.4) is 0 Å². The molecule has 2 heteroatoms. The molecule has 1 aliphatic rings. The van der Waals surface area contributed by atoms with E-state index in [0.29, 0.717) is 6.42 Å². The number of allylic oxidation sites excluding steroid dienone is 1. The van der Waals surface area contributed by atoms with Gasteiger partial charge in [0.1, 0.15) is 5.75 Å². The third kappa shape index (κ3) is 3.13. The van der Waals surface area contributed by atoms with Crippen molar-refractivity contribution in [3.05, 3.63) is 107 Å². The molecule has 0 saturated carbocycles. The molecule has 0 amide bonds. The zero-order chi connectivity index (χ0) is 19.8. The summed E-state index contributed by atoms with van der Waals surface area (Å²) in [6.07, 6.45) is 2.68.